The minimum atomic E-state index is -0.380. The summed E-state index contributed by atoms with van der Waals surface area (Å²) in [5.41, 5.74) is 2.96. The molecule has 24 heavy (non-hydrogen) atoms. The highest BCUT2D eigenvalue weighted by Gasteiger charge is 2.19. The van der Waals surface area contributed by atoms with Gasteiger partial charge in [0.15, 0.2) is 0 Å². The van der Waals surface area contributed by atoms with Gasteiger partial charge in [0.1, 0.15) is 5.58 Å². The summed E-state index contributed by atoms with van der Waals surface area (Å²) in [6.07, 6.45) is 2.24. The number of allylic oxidation sites excluding steroid dienone is 2. The molecule has 3 aromatic rings. The van der Waals surface area contributed by atoms with Crippen LogP contribution in [0.4, 0.5) is 0 Å². The Bertz CT molecular complexity index is 1200. The molecule has 1 aromatic carbocycles. The predicted octanol–water partition coefficient (Wildman–Crippen LogP) is 2.56. The lowest BCUT2D eigenvalue weighted by Gasteiger charge is -2.18. The van der Waals surface area contributed by atoms with Gasteiger partial charge in [-0.1, -0.05) is 20.4 Å². The van der Waals surface area contributed by atoms with Gasteiger partial charge in [0.25, 0.3) is 0 Å². The highest BCUT2D eigenvalue weighted by molar-refractivity contribution is 6.06. The Morgan fingerprint density at radius 2 is 2.04 bits per heavy atom. The molecule has 0 aliphatic heterocycles. The third-order valence-corrected chi connectivity index (χ3v) is 4.52. The monoisotopic (exact) mass is 319 g/mol. The van der Waals surface area contributed by atoms with E-state index in [2.05, 4.69) is 25.4 Å². The fraction of sp³-hybridized carbons (Fsp3) is 0.200. The van der Waals surface area contributed by atoms with Crippen molar-refractivity contribution < 1.29 is 9.52 Å². The number of nitrogens with zero attached hydrogens (tertiary/aromatic N) is 1. The SMILES string of the molecule is C=c1nc2ccc3oc(=O)ccc3c2c2c1=C(C(C)C)C=C(O)C2. The standard InChI is InChI=1S/C20H17NO3/c1-10(2)14-8-12(22)9-15-19(14)11(3)21-16-5-6-17-13(20(15)16)4-7-18(23)24-17/h4-8,10,22H,3,9H2,1-2H3. The Hall–Kier alpha value is -2.88. The van der Waals surface area contributed by atoms with Gasteiger partial charge < -0.3 is 9.52 Å². The summed E-state index contributed by atoms with van der Waals surface area (Å²) < 4.78 is 5.31. The molecule has 0 fully saturated rings. The van der Waals surface area contributed by atoms with Gasteiger partial charge in [-0.2, -0.15) is 0 Å². The van der Waals surface area contributed by atoms with Crippen molar-refractivity contribution in [3.05, 3.63) is 62.7 Å². The topological polar surface area (TPSA) is 63.3 Å². The van der Waals surface area contributed by atoms with Crippen LogP contribution in [0.25, 0.3) is 34.0 Å². The molecule has 0 spiro atoms. The van der Waals surface area contributed by atoms with E-state index in [1.54, 1.807) is 12.1 Å². The average molecular weight is 319 g/mol. The Labute approximate surface area is 138 Å². The van der Waals surface area contributed by atoms with E-state index in [1.807, 2.05) is 12.1 Å². The van der Waals surface area contributed by atoms with Crippen molar-refractivity contribution in [1.82, 2.24) is 4.98 Å². The number of hydrogen-bond acceptors (Lipinski definition) is 4. The lowest BCUT2D eigenvalue weighted by molar-refractivity contribution is 0.397. The summed E-state index contributed by atoms with van der Waals surface area (Å²) in [7, 11) is 0. The summed E-state index contributed by atoms with van der Waals surface area (Å²) in [6.45, 7) is 8.29. The van der Waals surface area contributed by atoms with Gasteiger partial charge in [-0.3, -0.25) is 0 Å². The van der Waals surface area contributed by atoms with Crippen molar-refractivity contribution in [2.24, 2.45) is 5.92 Å². The van der Waals surface area contributed by atoms with Gasteiger partial charge in [-0.05, 0) is 41.3 Å². The summed E-state index contributed by atoms with van der Waals surface area (Å²) in [6, 6.07) is 6.76. The van der Waals surface area contributed by atoms with Crippen LogP contribution in [0.2, 0.25) is 0 Å². The molecule has 1 aliphatic carbocycles. The number of hydrogen-bond donors (Lipinski definition) is 1. The molecule has 0 saturated carbocycles. The van der Waals surface area contributed by atoms with Crippen molar-refractivity contribution in [2.45, 2.75) is 20.3 Å². The highest BCUT2D eigenvalue weighted by atomic mass is 16.4. The van der Waals surface area contributed by atoms with Crippen molar-refractivity contribution in [2.75, 3.05) is 0 Å². The summed E-state index contributed by atoms with van der Waals surface area (Å²) >= 11 is 0. The second-order valence-corrected chi connectivity index (χ2v) is 6.46. The van der Waals surface area contributed by atoms with Crippen molar-refractivity contribution in [3.63, 3.8) is 0 Å². The molecule has 1 N–H and O–H groups in total. The molecule has 0 radical (unpaired) electrons. The quantitative estimate of drug-likeness (QED) is 0.553. The van der Waals surface area contributed by atoms with Crippen LogP contribution >= 0.6 is 0 Å². The van der Waals surface area contributed by atoms with E-state index in [0.717, 1.165) is 32.6 Å². The van der Waals surface area contributed by atoms with Gasteiger partial charge in [-0.25, -0.2) is 9.78 Å². The Kier molecular flexibility index (Phi) is 3.10. The minimum Gasteiger partial charge on any atom is -0.512 e. The molecule has 4 nitrogen and oxygen atoms in total. The van der Waals surface area contributed by atoms with Crippen molar-refractivity contribution >= 4 is 34.0 Å². The zero-order valence-electron chi connectivity index (χ0n) is 13.6. The zero-order chi connectivity index (χ0) is 17.0. The number of pyridine rings is 1. The van der Waals surface area contributed by atoms with E-state index in [9.17, 15) is 9.90 Å². The molecule has 2 aromatic heterocycles. The van der Waals surface area contributed by atoms with Gasteiger partial charge in [-0.15, -0.1) is 0 Å². The maximum atomic E-state index is 11.5. The lowest BCUT2D eigenvalue weighted by Crippen LogP contribution is -2.36. The van der Waals surface area contributed by atoms with Gasteiger partial charge >= 0.3 is 5.63 Å². The molecular formula is C20H17NO3. The number of rotatable bonds is 1. The minimum absolute atomic E-state index is 0.235. The Balaban J connectivity index is 2.31. The zero-order valence-corrected chi connectivity index (χ0v) is 13.6. The molecule has 0 saturated heterocycles. The number of aromatic nitrogens is 1. The lowest BCUT2D eigenvalue weighted by atomic mass is 9.88. The van der Waals surface area contributed by atoms with Crippen LogP contribution in [0.1, 0.15) is 19.4 Å². The van der Waals surface area contributed by atoms with Crippen molar-refractivity contribution in [1.29, 1.82) is 0 Å². The number of aliphatic hydroxyl groups is 1. The molecule has 0 bridgehead atoms. The van der Waals surface area contributed by atoms with Gasteiger partial charge in [0, 0.05) is 28.5 Å². The number of aliphatic hydroxyl groups excluding tert-OH is 1. The van der Waals surface area contributed by atoms with E-state index in [1.165, 1.54) is 6.07 Å². The van der Waals surface area contributed by atoms with Gasteiger partial charge in [0.2, 0.25) is 0 Å². The average Bonchev–Trinajstić information content (AvgIpc) is 2.53. The summed E-state index contributed by atoms with van der Waals surface area (Å²) in [5.74, 6) is 0.561. The Morgan fingerprint density at radius 1 is 1.25 bits per heavy atom. The molecular weight excluding hydrogens is 302 g/mol. The normalized spacial score (nSPS) is 14.3. The largest absolute Gasteiger partial charge is 0.512 e. The predicted molar refractivity (Wildman–Crippen MR) is 95.2 cm³/mol. The van der Waals surface area contributed by atoms with Crippen LogP contribution in [0, 0.1) is 5.92 Å². The molecule has 0 amide bonds. The molecule has 2 heterocycles. The first-order chi connectivity index (χ1) is 11.5. The molecule has 4 rings (SSSR count). The third kappa shape index (κ3) is 2.07. The van der Waals surface area contributed by atoms with E-state index < -0.39 is 0 Å². The maximum Gasteiger partial charge on any atom is 0.336 e. The molecule has 0 unspecified atom stereocenters. The van der Waals surface area contributed by atoms with E-state index in [4.69, 9.17) is 4.42 Å². The molecule has 120 valence electrons. The first kappa shape index (κ1) is 14.7. The van der Waals surface area contributed by atoms with E-state index in [0.29, 0.717) is 23.1 Å². The van der Waals surface area contributed by atoms with Crippen LogP contribution in [-0.2, 0) is 6.42 Å². The second kappa shape index (κ2) is 5.06. The van der Waals surface area contributed by atoms with Crippen molar-refractivity contribution in [3.8, 4) is 0 Å². The molecule has 1 aliphatic rings. The number of benzene rings is 1. The third-order valence-electron chi connectivity index (χ3n) is 4.52. The fourth-order valence-corrected chi connectivity index (χ4v) is 3.50. The van der Waals surface area contributed by atoms with E-state index in [-0.39, 0.29) is 11.5 Å². The first-order valence-electron chi connectivity index (χ1n) is 7.94. The summed E-state index contributed by atoms with van der Waals surface area (Å²) in [5, 5.41) is 13.7. The second-order valence-electron chi connectivity index (χ2n) is 6.46. The van der Waals surface area contributed by atoms with Crippen LogP contribution in [0.15, 0.2) is 45.3 Å². The van der Waals surface area contributed by atoms with Crippen LogP contribution in [-0.4, -0.2) is 10.1 Å². The van der Waals surface area contributed by atoms with Crippen LogP contribution in [0.5, 0.6) is 0 Å². The first-order valence-corrected chi connectivity index (χ1v) is 7.94. The maximum absolute atomic E-state index is 11.5. The smallest absolute Gasteiger partial charge is 0.336 e. The van der Waals surface area contributed by atoms with E-state index >= 15 is 0 Å². The summed E-state index contributed by atoms with van der Waals surface area (Å²) in [4.78, 5) is 16.2. The highest BCUT2D eigenvalue weighted by Crippen LogP contribution is 2.28. The Morgan fingerprint density at radius 3 is 2.79 bits per heavy atom. The van der Waals surface area contributed by atoms with Crippen LogP contribution in [0.3, 0.4) is 0 Å². The number of fused-ring (bicyclic) bond motifs is 5. The molecule has 4 heteroatoms. The molecule has 0 atom stereocenters. The van der Waals surface area contributed by atoms with Gasteiger partial charge in [0.05, 0.1) is 16.6 Å². The van der Waals surface area contributed by atoms with Crippen LogP contribution < -0.4 is 16.2 Å². The fourth-order valence-electron chi connectivity index (χ4n) is 3.50.